The summed E-state index contributed by atoms with van der Waals surface area (Å²) in [4.78, 5) is 14.6. The Kier molecular flexibility index (Phi) is 3.60. The number of hydrogen-bond acceptors (Lipinski definition) is 5. The normalized spacial score (nSPS) is 22.2. The number of aromatic nitrogens is 4. The predicted molar refractivity (Wildman–Crippen MR) is 93.5 cm³/mol. The fourth-order valence-corrected chi connectivity index (χ4v) is 3.80. The summed E-state index contributed by atoms with van der Waals surface area (Å²) in [5.74, 6) is 2.89. The van der Waals surface area contributed by atoms with Gasteiger partial charge in [-0.3, -0.25) is 4.79 Å². The van der Waals surface area contributed by atoms with E-state index >= 15 is 0 Å². The molecule has 2 saturated carbocycles. The molecular formula is C18H24N6O. The summed E-state index contributed by atoms with van der Waals surface area (Å²) in [6, 6.07) is 4.45. The lowest BCUT2D eigenvalue weighted by atomic mass is 9.90. The number of carbonyl (C=O) groups is 1. The first-order valence-corrected chi connectivity index (χ1v) is 9.55. The lowest BCUT2D eigenvalue weighted by Crippen LogP contribution is -2.46. The van der Waals surface area contributed by atoms with Crippen LogP contribution in [0.5, 0.6) is 0 Å². The average Bonchev–Trinajstić information content (AvgIpc) is 3.37. The van der Waals surface area contributed by atoms with Crippen LogP contribution in [-0.4, -0.2) is 44.8 Å². The van der Waals surface area contributed by atoms with E-state index in [1.54, 1.807) is 0 Å². The van der Waals surface area contributed by atoms with Gasteiger partial charge in [0.1, 0.15) is 5.82 Å². The van der Waals surface area contributed by atoms with Crippen LogP contribution in [0.4, 0.5) is 5.82 Å². The first-order valence-electron chi connectivity index (χ1n) is 9.55. The van der Waals surface area contributed by atoms with Crippen LogP contribution in [-0.2, 0) is 4.79 Å². The van der Waals surface area contributed by atoms with Crippen molar-refractivity contribution in [3.05, 3.63) is 18.0 Å². The number of hydrogen-bond donors (Lipinski definition) is 1. The third-order valence-corrected chi connectivity index (χ3v) is 5.86. The van der Waals surface area contributed by atoms with E-state index in [4.69, 9.17) is 5.10 Å². The summed E-state index contributed by atoms with van der Waals surface area (Å²) in [6.45, 7) is 1.75. The SMILES string of the molecule is O=C(NC1CCC1)C1CCN(c2ccc3nnc(C4CC4)n3n2)CC1. The highest BCUT2D eigenvalue weighted by Crippen LogP contribution is 2.38. The minimum Gasteiger partial charge on any atom is -0.355 e. The molecule has 5 rings (SSSR count). The van der Waals surface area contributed by atoms with Crippen molar-refractivity contribution in [2.45, 2.75) is 56.9 Å². The Hall–Kier alpha value is -2.18. The van der Waals surface area contributed by atoms with Crippen LogP contribution >= 0.6 is 0 Å². The minimum atomic E-state index is 0.150. The van der Waals surface area contributed by atoms with Gasteiger partial charge in [0, 0.05) is 31.0 Å². The quantitative estimate of drug-likeness (QED) is 0.920. The number of rotatable bonds is 4. The molecular weight excluding hydrogens is 316 g/mol. The zero-order valence-electron chi connectivity index (χ0n) is 14.4. The van der Waals surface area contributed by atoms with Crippen molar-refractivity contribution < 1.29 is 4.79 Å². The van der Waals surface area contributed by atoms with Gasteiger partial charge < -0.3 is 10.2 Å². The predicted octanol–water partition coefficient (Wildman–Crippen LogP) is 1.89. The molecule has 2 aromatic heterocycles. The number of carbonyl (C=O) groups excluding carboxylic acids is 1. The lowest BCUT2D eigenvalue weighted by molar-refractivity contribution is -0.126. The molecule has 7 heteroatoms. The van der Waals surface area contributed by atoms with E-state index in [1.165, 1.54) is 19.3 Å². The van der Waals surface area contributed by atoms with Gasteiger partial charge in [-0.1, -0.05) is 0 Å². The maximum Gasteiger partial charge on any atom is 0.223 e. The summed E-state index contributed by atoms with van der Waals surface area (Å²) in [5, 5.41) is 16.5. The minimum absolute atomic E-state index is 0.150. The number of piperidine rings is 1. The van der Waals surface area contributed by atoms with Gasteiger partial charge in [-0.25, -0.2) is 0 Å². The zero-order chi connectivity index (χ0) is 16.8. The van der Waals surface area contributed by atoms with Crippen LogP contribution in [0.25, 0.3) is 5.65 Å². The summed E-state index contributed by atoms with van der Waals surface area (Å²) in [6.07, 6.45) is 7.73. The van der Waals surface area contributed by atoms with E-state index in [0.29, 0.717) is 12.0 Å². The third-order valence-electron chi connectivity index (χ3n) is 5.86. The van der Waals surface area contributed by atoms with Crippen molar-refractivity contribution in [2.75, 3.05) is 18.0 Å². The average molecular weight is 340 g/mol. The van der Waals surface area contributed by atoms with Crippen LogP contribution in [0.15, 0.2) is 12.1 Å². The van der Waals surface area contributed by atoms with Gasteiger partial charge in [0.2, 0.25) is 5.91 Å². The molecule has 3 fully saturated rings. The highest BCUT2D eigenvalue weighted by atomic mass is 16.2. The molecule has 0 radical (unpaired) electrons. The van der Waals surface area contributed by atoms with E-state index in [0.717, 1.165) is 56.1 Å². The highest BCUT2D eigenvalue weighted by Gasteiger charge is 2.31. The molecule has 2 aliphatic carbocycles. The molecule has 1 N–H and O–H groups in total. The summed E-state index contributed by atoms with van der Waals surface area (Å²) in [7, 11) is 0. The van der Waals surface area contributed by atoms with Gasteiger partial charge in [-0.15, -0.1) is 15.3 Å². The van der Waals surface area contributed by atoms with Crippen LogP contribution in [0.1, 0.15) is 56.7 Å². The molecule has 2 aromatic rings. The Morgan fingerprint density at radius 1 is 1.04 bits per heavy atom. The van der Waals surface area contributed by atoms with Crippen molar-refractivity contribution in [1.82, 2.24) is 25.1 Å². The van der Waals surface area contributed by atoms with Gasteiger partial charge in [-0.2, -0.15) is 4.52 Å². The number of anilines is 1. The Labute approximate surface area is 146 Å². The van der Waals surface area contributed by atoms with E-state index in [9.17, 15) is 4.79 Å². The fraction of sp³-hybridized carbons (Fsp3) is 0.667. The van der Waals surface area contributed by atoms with Gasteiger partial charge >= 0.3 is 0 Å². The molecule has 0 bridgehead atoms. The van der Waals surface area contributed by atoms with Gasteiger partial charge in [-0.05, 0) is 57.1 Å². The van der Waals surface area contributed by atoms with Gasteiger partial charge in [0.25, 0.3) is 0 Å². The third kappa shape index (κ3) is 2.85. The van der Waals surface area contributed by atoms with Crippen LogP contribution in [0, 0.1) is 5.92 Å². The molecule has 1 saturated heterocycles. The Bertz CT molecular complexity index is 786. The molecule has 3 heterocycles. The van der Waals surface area contributed by atoms with Crippen LogP contribution in [0.2, 0.25) is 0 Å². The molecule has 0 unspecified atom stereocenters. The van der Waals surface area contributed by atoms with Crippen molar-refractivity contribution in [3.63, 3.8) is 0 Å². The van der Waals surface area contributed by atoms with Crippen molar-refractivity contribution in [1.29, 1.82) is 0 Å². The monoisotopic (exact) mass is 340 g/mol. The topological polar surface area (TPSA) is 75.4 Å². The largest absolute Gasteiger partial charge is 0.355 e. The number of nitrogens with zero attached hydrogens (tertiary/aromatic N) is 5. The van der Waals surface area contributed by atoms with Crippen LogP contribution in [0.3, 0.4) is 0 Å². The molecule has 0 aromatic carbocycles. The lowest BCUT2D eigenvalue weighted by Gasteiger charge is -2.34. The summed E-state index contributed by atoms with van der Waals surface area (Å²) in [5.41, 5.74) is 0.820. The van der Waals surface area contributed by atoms with Crippen molar-refractivity contribution in [2.24, 2.45) is 5.92 Å². The second-order valence-corrected chi connectivity index (χ2v) is 7.69. The molecule has 7 nitrogen and oxygen atoms in total. The molecule has 0 atom stereocenters. The maximum atomic E-state index is 12.3. The second kappa shape index (κ2) is 5.97. The number of nitrogens with one attached hydrogen (secondary N) is 1. The van der Waals surface area contributed by atoms with E-state index in [2.05, 4.69) is 20.4 Å². The smallest absolute Gasteiger partial charge is 0.223 e. The molecule has 3 aliphatic rings. The van der Waals surface area contributed by atoms with Crippen LogP contribution < -0.4 is 10.2 Å². The second-order valence-electron chi connectivity index (χ2n) is 7.69. The molecule has 132 valence electrons. The van der Waals surface area contributed by atoms with Crippen molar-refractivity contribution in [3.8, 4) is 0 Å². The number of fused-ring (bicyclic) bond motifs is 1. The first kappa shape index (κ1) is 15.1. The summed E-state index contributed by atoms with van der Waals surface area (Å²) < 4.78 is 1.91. The molecule has 1 aliphatic heterocycles. The van der Waals surface area contributed by atoms with Crippen molar-refractivity contribution >= 4 is 17.4 Å². The Balaban J connectivity index is 1.26. The number of amides is 1. The van der Waals surface area contributed by atoms with Gasteiger partial charge in [0.05, 0.1) is 0 Å². The van der Waals surface area contributed by atoms with E-state index < -0.39 is 0 Å². The summed E-state index contributed by atoms with van der Waals surface area (Å²) >= 11 is 0. The maximum absolute atomic E-state index is 12.3. The molecule has 25 heavy (non-hydrogen) atoms. The highest BCUT2D eigenvalue weighted by molar-refractivity contribution is 5.79. The first-order chi connectivity index (χ1) is 12.3. The zero-order valence-corrected chi connectivity index (χ0v) is 14.4. The standard InChI is InChI=1S/C18H24N6O/c25-18(19-14-2-1-3-14)13-8-10-23(11-9-13)16-7-6-15-20-21-17(12-4-5-12)24(15)22-16/h6-7,12-14H,1-5,8-11H2,(H,19,25). The fourth-order valence-electron chi connectivity index (χ4n) is 3.80. The molecule has 0 spiro atoms. The Morgan fingerprint density at radius 3 is 2.52 bits per heavy atom. The van der Waals surface area contributed by atoms with E-state index in [1.807, 2.05) is 16.6 Å². The van der Waals surface area contributed by atoms with Gasteiger partial charge in [0.15, 0.2) is 11.5 Å². The van der Waals surface area contributed by atoms with E-state index in [-0.39, 0.29) is 11.8 Å². The molecule has 1 amide bonds. The Morgan fingerprint density at radius 2 is 1.84 bits per heavy atom.